The Morgan fingerprint density at radius 2 is 1.32 bits per heavy atom. The molecule has 0 unspecified atom stereocenters. The van der Waals surface area contributed by atoms with Gasteiger partial charge in [0.1, 0.15) is 10.1 Å². The van der Waals surface area contributed by atoms with Gasteiger partial charge in [-0.3, -0.25) is 0 Å². The number of aryl methyl sites for hydroxylation is 1. The average Bonchev–Trinajstić information content (AvgIpc) is 2.64. The van der Waals surface area contributed by atoms with Crippen LogP contribution < -0.4 is 51.4 Å². The van der Waals surface area contributed by atoms with Gasteiger partial charge in [0, 0.05) is 0 Å². The molecule has 2 rings (SSSR count). The van der Waals surface area contributed by atoms with Crippen LogP contribution in [0, 0.1) is 0 Å². The largest absolute Gasteiger partial charge is 1.00 e. The van der Waals surface area contributed by atoms with E-state index in [0.717, 1.165) is 30.2 Å². The second-order valence-electron chi connectivity index (χ2n) is 7.55. The van der Waals surface area contributed by atoms with E-state index >= 15 is 0 Å². The molecule has 0 N–H and O–H groups in total. The third-order valence-corrected chi connectivity index (χ3v) is 6.10. The normalized spacial score (nSPS) is 11.5. The van der Waals surface area contributed by atoms with Crippen LogP contribution in [0.25, 0.3) is 10.8 Å². The van der Waals surface area contributed by atoms with E-state index in [1.807, 2.05) is 18.2 Å². The Bertz CT molecular complexity index is 803. The van der Waals surface area contributed by atoms with Gasteiger partial charge in [-0.2, -0.15) is 0 Å². The molecule has 2 aromatic rings. The minimum Gasteiger partial charge on any atom is -0.744 e. The molecule has 0 radical (unpaired) electrons. The zero-order valence-corrected chi connectivity index (χ0v) is 21.5. The standard InChI is InChI=1S/C23H34O3S.K/c1-2-3-4-5-6-7-8-9-10-11-12-15-20-18-21-16-13-14-17-22(21)23(19-20)27(24,25)26;/h13-14,16-19H,2-12,15H2,1H3,(H,24,25,26);/q;+1/p-1. The Labute approximate surface area is 213 Å². The van der Waals surface area contributed by atoms with Gasteiger partial charge in [-0.15, -0.1) is 0 Å². The van der Waals surface area contributed by atoms with E-state index < -0.39 is 10.1 Å². The predicted molar refractivity (Wildman–Crippen MR) is 112 cm³/mol. The molecule has 28 heavy (non-hydrogen) atoms. The zero-order valence-electron chi connectivity index (χ0n) is 17.6. The van der Waals surface area contributed by atoms with Gasteiger partial charge in [-0.25, -0.2) is 8.42 Å². The van der Waals surface area contributed by atoms with Gasteiger partial charge in [0.25, 0.3) is 0 Å². The molecule has 0 heterocycles. The van der Waals surface area contributed by atoms with Gasteiger partial charge in [-0.1, -0.05) is 101 Å². The first-order valence-electron chi connectivity index (χ1n) is 10.5. The molecule has 0 amide bonds. The van der Waals surface area contributed by atoms with Gasteiger partial charge in [0.05, 0.1) is 4.90 Å². The Kier molecular flexibility index (Phi) is 13.4. The number of rotatable bonds is 13. The van der Waals surface area contributed by atoms with Crippen LogP contribution in [0.15, 0.2) is 41.3 Å². The van der Waals surface area contributed by atoms with Crippen molar-refractivity contribution in [1.29, 1.82) is 0 Å². The SMILES string of the molecule is CCCCCCCCCCCCCc1cc(S(=O)(=O)[O-])c2ccccc2c1.[K+]. The minimum atomic E-state index is -4.46. The van der Waals surface area contributed by atoms with Crippen molar-refractivity contribution >= 4 is 20.9 Å². The smallest absolute Gasteiger partial charge is 0.744 e. The summed E-state index contributed by atoms with van der Waals surface area (Å²) in [6, 6.07) is 10.8. The van der Waals surface area contributed by atoms with Gasteiger partial charge in [0.15, 0.2) is 0 Å². The van der Waals surface area contributed by atoms with Gasteiger partial charge < -0.3 is 4.55 Å². The summed E-state index contributed by atoms with van der Waals surface area (Å²) >= 11 is 0. The molecular formula is C23H33KO3S. The molecular weight excluding hydrogens is 395 g/mol. The number of fused-ring (bicyclic) bond motifs is 1. The third-order valence-electron chi connectivity index (χ3n) is 5.22. The van der Waals surface area contributed by atoms with E-state index in [-0.39, 0.29) is 56.3 Å². The first-order valence-corrected chi connectivity index (χ1v) is 11.9. The Balaban J connectivity index is 0.00000392. The van der Waals surface area contributed by atoms with Gasteiger partial charge >= 0.3 is 51.4 Å². The van der Waals surface area contributed by atoms with Crippen molar-refractivity contribution in [3.8, 4) is 0 Å². The predicted octanol–water partition coefficient (Wildman–Crippen LogP) is 3.60. The summed E-state index contributed by atoms with van der Waals surface area (Å²) in [5.74, 6) is 0. The summed E-state index contributed by atoms with van der Waals surface area (Å²) in [5, 5.41) is 1.35. The molecule has 0 aromatic heterocycles. The van der Waals surface area contributed by atoms with Crippen molar-refractivity contribution in [1.82, 2.24) is 0 Å². The Hall–Kier alpha value is 0.246. The van der Waals surface area contributed by atoms with E-state index in [1.165, 1.54) is 57.8 Å². The van der Waals surface area contributed by atoms with Crippen molar-refractivity contribution in [2.45, 2.75) is 88.9 Å². The summed E-state index contributed by atoms with van der Waals surface area (Å²) in [7, 11) is -4.46. The molecule has 0 saturated heterocycles. The first-order chi connectivity index (χ1) is 13.0. The molecule has 0 aliphatic heterocycles. The number of benzene rings is 2. The third kappa shape index (κ3) is 9.37. The van der Waals surface area contributed by atoms with Crippen LogP contribution in [0.3, 0.4) is 0 Å². The average molecular weight is 429 g/mol. The Morgan fingerprint density at radius 1 is 0.786 bits per heavy atom. The van der Waals surface area contributed by atoms with Crippen LogP contribution in [0.4, 0.5) is 0 Å². The second kappa shape index (κ2) is 14.3. The fraction of sp³-hybridized carbons (Fsp3) is 0.565. The van der Waals surface area contributed by atoms with Crippen molar-refractivity contribution in [2.75, 3.05) is 0 Å². The molecule has 0 bridgehead atoms. The summed E-state index contributed by atoms with van der Waals surface area (Å²) < 4.78 is 34.8. The molecule has 0 saturated carbocycles. The van der Waals surface area contributed by atoms with Crippen molar-refractivity contribution in [3.63, 3.8) is 0 Å². The Morgan fingerprint density at radius 3 is 1.89 bits per heavy atom. The van der Waals surface area contributed by atoms with Crippen LogP contribution in [0.2, 0.25) is 0 Å². The fourth-order valence-corrected chi connectivity index (χ4v) is 4.43. The molecule has 0 aliphatic rings. The molecule has 0 spiro atoms. The molecule has 0 fully saturated rings. The van der Waals surface area contributed by atoms with Crippen LogP contribution >= 0.6 is 0 Å². The second-order valence-corrected chi connectivity index (χ2v) is 8.90. The summed E-state index contributed by atoms with van der Waals surface area (Å²) in [6.45, 7) is 2.25. The van der Waals surface area contributed by atoms with Gasteiger partial charge in [-0.05, 0) is 35.2 Å². The maximum atomic E-state index is 11.6. The number of hydrogen-bond acceptors (Lipinski definition) is 3. The van der Waals surface area contributed by atoms with Gasteiger partial charge in [0.2, 0.25) is 0 Å². The van der Waals surface area contributed by atoms with Crippen molar-refractivity contribution in [2.24, 2.45) is 0 Å². The molecule has 0 atom stereocenters. The maximum Gasteiger partial charge on any atom is 1.00 e. The molecule has 150 valence electrons. The maximum absolute atomic E-state index is 11.6. The van der Waals surface area contributed by atoms with Crippen LogP contribution in [0.1, 0.15) is 83.1 Å². The van der Waals surface area contributed by atoms with Crippen molar-refractivity contribution in [3.05, 3.63) is 42.0 Å². The molecule has 5 heteroatoms. The van der Waals surface area contributed by atoms with E-state index in [1.54, 1.807) is 18.2 Å². The molecule has 2 aromatic carbocycles. The zero-order chi connectivity index (χ0) is 19.5. The van der Waals surface area contributed by atoms with Crippen LogP contribution in [-0.4, -0.2) is 13.0 Å². The summed E-state index contributed by atoms with van der Waals surface area (Å²) in [5.41, 5.74) is 0.944. The first kappa shape index (κ1) is 26.3. The summed E-state index contributed by atoms with van der Waals surface area (Å²) in [4.78, 5) is -0.0846. The summed E-state index contributed by atoms with van der Waals surface area (Å²) in [6.07, 6.45) is 15.0. The van der Waals surface area contributed by atoms with Crippen LogP contribution in [-0.2, 0) is 16.5 Å². The number of unbranched alkanes of at least 4 members (excludes halogenated alkanes) is 10. The quantitative estimate of drug-likeness (QED) is 0.278. The topological polar surface area (TPSA) is 57.2 Å². The molecule has 0 aliphatic carbocycles. The van der Waals surface area contributed by atoms with Crippen molar-refractivity contribution < 1.29 is 64.4 Å². The van der Waals surface area contributed by atoms with Crippen LogP contribution in [0.5, 0.6) is 0 Å². The van der Waals surface area contributed by atoms with E-state index in [0.29, 0.717) is 5.39 Å². The minimum absolute atomic E-state index is 0. The molecule has 3 nitrogen and oxygen atoms in total. The van der Waals surface area contributed by atoms with E-state index in [9.17, 15) is 13.0 Å². The van der Waals surface area contributed by atoms with E-state index in [2.05, 4.69) is 6.92 Å². The number of hydrogen-bond donors (Lipinski definition) is 0. The fourth-order valence-electron chi connectivity index (χ4n) is 3.68. The van der Waals surface area contributed by atoms with E-state index in [4.69, 9.17) is 0 Å². The monoisotopic (exact) mass is 428 g/mol.